The number of hydrogen-bond acceptors (Lipinski definition) is 3. The van der Waals surface area contributed by atoms with Gasteiger partial charge in [-0.3, -0.25) is 0 Å². The van der Waals surface area contributed by atoms with Crippen molar-refractivity contribution in [2.24, 2.45) is 0 Å². The van der Waals surface area contributed by atoms with Gasteiger partial charge in [0.2, 0.25) is 0 Å². The molecule has 1 aliphatic carbocycles. The summed E-state index contributed by atoms with van der Waals surface area (Å²) < 4.78 is 4.52. The number of allylic oxidation sites excluding steroid dienone is 3. The molecule has 0 aromatic rings. The fraction of sp³-hybridized carbons (Fsp3) is 0.417. The van der Waals surface area contributed by atoms with Crippen LogP contribution in [0.2, 0.25) is 0 Å². The van der Waals surface area contributed by atoms with Crippen molar-refractivity contribution in [1.82, 2.24) is 4.90 Å². The summed E-state index contributed by atoms with van der Waals surface area (Å²) in [7, 11) is 5.48. The smallest absolute Gasteiger partial charge is 0.330 e. The predicted molar refractivity (Wildman–Crippen MR) is 60.5 cm³/mol. The van der Waals surface area contributed by atoms with Crippen LogP contribution in [0.1, 0.15) is 6.42 Å². The van der Waals surface area contributed by atoms with E-state index in [4.69, 9.17) is 0 Å². The predicted octanol–water partition coefficient (Wildman–Crippen LogP) is 1.53. The molecule has 1 rings (SSSR count). The topological polar surface area (TPSA) is 29.5 Å². The van der Waals surface area contributed by atoms with Gasteiger partial charge in [0.15, 0.2) is 0 Å². The van der Waals surface area contributed by atoms with E-state index in [1.165, 1.54) is 13.2 Å². The lowest BCUT2D eigenvalue weighted by atomic mass is 10.0. The summed E-state index contributed by atoms with van der Waals surface area (Å²) in [4.78, 5) is 13.0. The Kier molecular flexibility index (Phi) is 4.31. The van der Waals surface area contributed by atoms with Crippen molar-refractivity contribution in [3.63, 3.8) is 0 Å². The second kappa shape index (κ2) is 5.51. The first-order valence-corrected chi connectivity index (χ1v) is 4.94. The van der Waals surface area contributed by atoms with E-state index in [2.05, 4.69) is 35.9 Å². The Morgan fingerprint density at radius 2 is 2.33 bits per heavy atom. The minimum absolute atomic E-state index is 0.320. The van der Waals surface area contributed by atoms with Gasteiger partial charge in [-0.2, -0.15) is 0 Å². The first-order chi connectivity index (χ1) is 7.13. The lowest BCUT2D eigenvalue weighted by Crippen LogP contribution is -2.26. The summed E-state index contributed by atoms with van der Waals surface area (Å²) in [5, 5.41) is 0. The van der Waals surface area contributed by atoms with Gasteiger partial charge >= 0.3 is 5.97 Å². The zero-order chi connectivity index (χ0) is 11.3. The quantitative estimate of drug-likeness (QED) is 0.519. The van der Waals surface area contributed by atoms with Crippen molar-refractivity contribution in [3.05, 3.63) is 36.0 Å². The van der Waals surface area contributed by atoms with E-state index in [0.717, 1.165) is 12.0 Å². The van der Waals surface area contributed by atoms with Gasteiger partial charge in [-0.15, -0.1) is 0 Å². The number of esters is 1. The van der Waals surface area contributed by atoms with Crippen molar-refractivity contribution < 1.29 is 9.53 Å². The maximum Gasteiger partial charge on any atom is 0.330 e. The number of ether oxygens (including phenoxy) is 1. The zero-order valence-electron chi connectivity index (χ0n) is 9.43. The molecule has 0 saturated carbocycles. The third-order valence-electron chi connectivity index (χ3n) is 2.38. The first-order valence-electron chi connectivity index (χ1n) is 4.94. The number of nitrogens with zero attached hydrogens (tertiary/aromatic N) is 1. The number of carbonyl (C=O) groups is 1. The third-order valence-corrected chi connectivity index (χ3v) is 2.38. The zero-order valence-corrected chi connectivity index (χ0v) is 9.43. The van der Waals surface area contributed by atoms with Crippen LogP contribution in [0.4, 0.5) is 0 Å². The van der Waals surface area contributed by atoms with Gasteiger partial charge in [-0.1, -0.05) is 18.2 Å². The molecule has 0 saturated heterocycles. The molecular formula is C12H17NO2. The molecule has 0 aliphatic heterocycles. The van der Waals surface area contributed by atoms with Gasteiger partial charge in [0, 0.05) is 12.1 Å². The number of rotatable bonds is 3. The van der Waals surface area contributed by atoms with Crippen LogP contribution in [0.15, 0.2) is 36.0 Å². The molecule has 82 valence electrons. The molecule has 1 atom stereocenters. The molecule has 0 radical (unpaired) electrons. The van der Waals surface area contributed by atoms with E-state index in [-0.39, 0.29) is 5.97 Å². The molecule has 0 amide bonds. The van der Waals surface area contributed by atoms with E-state index < -0.39 is 0 Å². The van der Waals surface area contributed by atoms with Crippen molar-refractivity contribution in [1.29, 1.82) is 0 Å². The van der Waals surface area contributed by atoms with Gasteiger partial charge in [-0.25, -0.2) is 4.79 Å². The van der Waals surface area contributed by atoms with E-state index in [1.807, 2.05) is 6.08 Å². The highest BCUT2D eigenvalue weighted by Gasteiger charge is 2.08. The largest absolute Gasteiger partial charge is 0.466 e. The molecule has 0 spiro atoms. The minimum Gasteiger partial charge on any atom is -0.466 e. The molecule has 15 heavy (non-hydrogen) atoms. The minimum atomic E-state index is -0.320. The van der Waals surface area contributed by atoms with Crippen LogP contribution in [-0.4, -0.2) is 38.1 Å². The number of methoxy groups -OCH3 is 1. The molecule has 1 unspecified atom stereocenters. The molecule has 1 aliphatic rings. The SMILES string of the molecule is COC(=O)/C=C/C1=CCC(N(C)C)C=C1. The van der Waals surface area contributed by atoms with Crippen molar-refractivity contribution in [2.45, 2.75) is 12.5 Å². The lowest BCUT2D eigenvalue weighted by molar-refractivity contribution is -0.134. The lowest BCUT2D eigenvalue weighted by Gasteiger charge is -2.22. The molecule has 0 bridgehead atoms. The van der Waals surface area contributed by atoms with Crippen molar-refractivity contribution in [2.75, 3.05) is 21.2 Å². The average molecular weight is 207 g/mol. The standard InChI is InChI=1S/C12H17NO2/c1-13(2)11-7-4-10(5-8-11)6-9-12(14)15-3/h4-7,9,11H,8H2,1-3H3/b9-6+. The summed E-state index contributed by atoms with van der Waals surface area (Å²) in [6, 6.07) is 0.459. The maximum absolute atomic E-state index is 10.9. The molecule has 3 heteroatoms. The van der Waals surface area contributed by atoms with Crippen LogP contribution < -0.4 is 0 Å². The van der Waals surface area contributed by atoms with Gasteiger partial charge in [0.1, 0.15) is 0 Å². The number of likely N-dealkylation sites (N-methyl/N-ethyl adjacent to an activating group) is 1. The maximum atomic E-state index is 10.9. The average Bonchev–Trinajstić information content (AvgIpc) is 2.26. The van der Waals surface area contributed by atoms with Crippen LogP contribution in [0.5, 0.6) is 0 Å². The van der Waals surface area contributed by atoms with Crippen LogP contribution in [0.25, 0.3) is 0 Å². The summed E-state index contributed by atoms with van der Waals surface area (Å²) in [6.45, 7) is 0. The van der Waals surface area contributed by atoms with Gasteiger partial charge in [0.05, 0.1) is 7.11 Å². The summed E-state index contributed by atoms with van der Waals surface area (Å²) >= 11 is 0. The van der Waals surface area contributed by atoms with Crippen LogP contribution in [0, 0.1) is 0 Å². The summed E-state index contributed by atoms with van der Waals surface area (Å²) in [5.41, 5.74) is 1.05. The Morgan fingerprint density at radius 1 is 1.60 bits per heavy atom. The van der Waals surface area contributed by atoms with Crippen LogP contribution in [0.3, 0.4) is 0 Å². The molecule has 0 N–H and O–H groups in total. The Hall–Kier alpha value is -1.35. The Labute approximate surface area is 90.7 Å². The highest BCUT2D eigenvalue weighted by Crippen LogP contribution is 2.14. The monoisotopic (exact) mass is 207 g/mol. The second-order valence-electron chi connectivity index (χ2n) is 3.69. The van der Waals surface area contributed by atoms with Crippen molar-refractivity contribution >= 4 is 5.97 Å². The van der Waals surface area contributed by atoms with Crippen LogP contribution >= 0.6 is 0 Å². The van der Waals surface area contributed by atoms with Crippen LogP contribution in [-0.2, 0) is 9.53 Å². The molecule has 3 nitrogen and oxygen atoms in total. The molecule has 0 heterocycles. The van der Waals surface area contributed by atoms with Crippen molar-refractivity contribution in [3.8, 4) is 0 Å². The highest BCUT2D eigenvalue weighted by molar-refractivity contribution is 5.82. The fourth-order valence-electron chi connectivity index (χ4n) is 1.36. The molecule has 0 aromatic carbocycles. The normalized spacial score (nSPS) is 20.8. The van der Waals surface area contributed by atoms with E-state index in [9.17, 15) is 4.79 Å². The summed E-state index contributed by atoms with van der Waals surface area (Å²) in [6.07, 6.45) is 10.5. The third kappa shape index (κ3) is 3.72. The summed E-state index contributed by atoms with van der Waals surface area (Å²) in [5.74, 6) is -0.320. The van der Waals surface area contributed by atoms with Gasteiger partial charge < -0.3 is 9.64 Å². The molecular weight excluding hydrogens is 190 g/mol. The Morgan fingerprint density at radius 3 is 2.80 bits per heavy atom. The van der Waals surface area contributed by atoms with Gasteiger partial charge in [0.25, 0.3) is 0 Å². The molecule has 0 aromatic heterocycles. The first kappa shape index (κ1) is 11.7. The fourth-order valence-corrected chi connectivity index (χ4v) is 1.36. The van der Waals surface area contributed by atoms with E-state index >= 15 is 0 Å². The van der Waals surface area contributed by atoms with Gasteiger partial charge in [-0.05, 0) is 32.2 Å². The molecule has 0 fully saturated rings. The Bertz CT molecular complexity index is 314. The Balaban J connectivity index is 2.52. The highest BCUT2D eigenvalue weighted by atomic mass is 16.5. The number of hydrogen-bond donors (Lipinski definition) is 0. The van der Waals surface area contributed by atoms with E-state index in [0.29, 0.717) is 6.04 Å². The second-order valence-corrected chi connectivity index (χ2v) is 3.69. The van der Waals surface area contributed by atoms with E-state index in [1.54, 1.807) is 6.08 Å². The number of carbonyl (C=O) groups excluding carboxylic acids is 1.